The number of likely N-dealkylation sites (N-methyl/N-ethyl adjacent to an activating group) is 1. The number of hydrogen-bond acceptors (Lipinski definition) is 2. The van der Waals surface area contributed by atoms with E-state index in [1.165, 1.54) is 30.5 Å². The van der Waals surface area contributed by atoms with Gasteiger partial charge in [0.05, 0.1) is 6.54 Å². The van der Waals surface area contributed by atoms with Crippen molar-refractivity contribution in [3.05, 3.63) is 29.8 Å². The maximum Gasteiger partial charge on any atom is 0.242 e. The quantitative estimate of drug-likeness (QED) is 0.844. The molecule has 1 aromatic carbocycles. The van der Waals surface area contributed by atoms with Crippen LogP contribution >= 0.6 is 0 Å². The van der Waals surface area contributed by atoms with Crippen LogP contribution in [-0.4, -0.2) is 37.0 Å². The number of para-hydroxylation sites is 1. The molecule has 0 radical (unpaired) electrons. The van der Waals surface area contributed by atoms with Crippen molar-refractivity contribution in [2.45, 2.75) is 44.6 Å². The Kier molecular flexibility index (Phi) is 3.68. The topological polar surface area (TPSA) is 23.6 Å². The van der Waals surface area contributed by atoms with Crippen molar-refractivity contribution < 1.29 is 4.79 Å². The third kappa shape index (κ3) is 2.67. The minimum atomic E-state index is 0.261. The van der Waals surface area contributed by atoms with Crippen LogP contribution in [0.2, 0.25) is 0 Å². The van der Waals surface area contributed by atoms with E-state index in [4.69, 9.17) is 0 Å². The number of amides is 1. The minimum Gasteiger partial charge on any atom is -0.362 e. The SMILES string of the molecule is CC1CCCN(CC(=O)N(C)C2CC2)c2ccccc21. The summed E-state index contributed by atoms with van der Waals surface area (Å²) in [5.41, 5.74) is 2.65. The molecule has 0 bridgehead atoms. The van der Waals surface area contributed by atoms with Crippen LogP contribution in [-0.2, 0) is 4.79 Å². The molecule has 1 aliphatic carbocycles. The average Bonchev–Trinajstić information content (AvgIpc) is 3.29. The monoisotopic (exact) mass is 272 g/mol. The molecule has 1 aromatic rings. The molecule has 3 rings (SSSR count). The number of rotatable bonds is 3. The van der Waals surface area contributed by atoms with Crippen molar-refractivity contribution in [1.29, 1.82) is 0 Å². The van der Waals surface area contributed by atoms with E-state index in [1.54, 1.807) is 0 Å². The van der Waals surface area contributed by atoms with Gasteiger partial charge in [0.25, 0.3) is 0 Å². The van der Waals surface area contributed by atoms with Crippen molar-refractivity contribution in [2.75, 3.05) is 25.0 Å². The van der Waals surface area contributed by atoms with E-state index >= 15 is 0 Å². The van der Waals surface area contributed by atoms with Gasteiger partial charge >= 0.3 is 0 Å². The largest absolute Gasteiger partial charge is 0.362 e. The zero-order valence-corrected chi connectivity index (χ0v) is 12.5. The van der Waals surface area contributed by atoms with Crippen LogP contribution in [0, 0.1) is 0 Å². The van der Waals surface area contributed by atoms with Gasteiger partial charge in [-0.25, -0.2) is 0 Å². The maximum atomic E-state index is 12.4. The van der Waals surface area contributed by atoms with Crippen molar-refractivity contribution >= 4 is 11.6 Å². The first-order valence-electron chi connectivity index (χ1n) is 7.76. The fourth-order valence-corrected chi connectivity index (χ4v) is 3.16. The molecule has 1 amide bonds. The van der Waals surface area contributed by atoms with Gasteiger partial charge in [-0.3, -0.25) is 4.79 Å². The summed E-state index contributed by atoms with van der Waals surface area (Å²) in [6.45, 7) is 3.81. The molecule has 3 heteroatoms. The Morgan fingerprint density at radius 2 is 2.05 bits per heavy atom. The molecule has 20 heavy (non-hydrogen) atoms. The molecular weight excluding hydrogens is 248 g/mol. The lowest BCUT2D eigenvalue weighted by Crippen LogP contribution is -2.39. The summed E-state index contributed by atoms with van der Waals surface area (Å²) < 4.78 is 0. The van der Waals surface area contributed by atoms with Crippen molar-refractivity contribution in [2.24, 2.45) is 0 Å². The predicted molar refractivity (Wildman–Crippen MR) is 82.1 cm³/mol. The van der Waals surface area contributed by atoms with E-state index in [0.717, 1.165) is 13.0 Å². The Hall–Kier alpha value is -1.51. The summed E-state index contributed by atoms with van der Waals surface area (Å²) in [5.74, 6) is 0.851. The molecular formula is C17H24N2O. The van der Waals surface area contributed by atoms with Crippen LogP contribution in [0.3, 0.4) is 0 Å². The molecule has 0 aromatic heterocycles. The van der Waals surface area contributed by atoms with Gasteiger partial charge in [0, 0.05) is 25.3 Å². The number of carbonyl (C=O) groups is 1. The second-order valence-electron chi connectivity index (χ2n) is 6.26. The molecule has 0 spiro atoms. The van der Waals surface area contributed by atoms with Crippen molar-refractivity contribution in [1.82, 2.24) is 4.90 Å². The number of anilines is 1. The summed E-state index contributed by atoms with van der Waals surface area (Å²) in [4.78, 5) is 16.6. The standard InChI is InChI=1S/C17H24N2O/c1-13-6-5-11-19(16-8-4-3-7-15(13)16)12-17(20)18(2)14-9-10-14/h3-4,7-8,13-14H,5-6,9-12H2,1-2H3. The van der Waals surface area contributed by atoms with Gasteiger partial charge in [-0.2, -0.15) is 0 Å². The van der Waals surface area contributed by atoms with Gasteiger partial charge in [-0.05, 0) is 43.2 Å². The zero-order valence-electron chi connectivity index (χ0n) is 12.5. The van der Waals surface area contributed by atoms with Crippen molar-refractivity contribution in [3.63, 3.8) is 0 Å². The number of fused-ring (bicyclic) bond motifs is 1. The van der Waals surface area contributed by atoms with E-state index < -0.39 is 0 Å². The lowest BCUT2D eigenvalue weighted by molar-refractivity contribution is -0.128. The molecule has 1 atom stereocenters. The average molecular weight is 272 g/mol. The van der Waals surface area contributed by atoms with Gasteiger partial charge in [-0.1, -0.05) is 25.1 Å². The van der Waals surface area contributed by atoms with Gasteiger partial charge in [0.2, 0.25) is 5.91 Å². The van der Waals surface area contributed by atoms with Gasteiger partial charge in [0.1, 0.15) is 0 Å². The number of nitrogens with zero attached hydrogens (tertiary/aromatic N) is 2. The lowest BCUT2D eigenvalue weighted by Gasteiger charge is -2.27. The first kappa shape index (κ1) is 13.5. The highest BCUT2D eigenvalue weighted by molar-refractivity contribution is 5.82. The zero-order chi connectivity index (χ0) is 14.1. The maximum absolute atomic E-state index is 12.4. The second kappa shape index (κ2) is 5.47. The number of carbonyl (C=O) groups excluding carboxylic acids is 1. The van der Waals surface area contributed by atoms with Crippen LogP contribution in [0.1, 0.15) is 44.1 Å². The normalized spacial score (nSPS) is 22.1. The molecule has 1 heterocycles. The molecule has 3 nitrogen and oxygen atoms in total. The van der Waals surface area contributed by atoms with Gasteiger partial charge in [-0.15, -0.1) is 0 Å². The lowest BCUT2D eigenvalue weighted by atomic mass is 9.96. The minimum absolute atomic E-state index is 0.261. The van der Waals surface area contributed by atoms with Crippen LogP contribution in [0.25, 0.3) is 0 Å². The van der Waals surface area contributed by atoms with E-state index in [2.05, 4.69) is 36.1 Å². The molecule has 1 fully saturated rings. The molecule has 1 aliphatic heterocycles. The molecule has 108 valence electrons. The Bertz CT molecular complexity index is 496. The third-order valence-electron chi connectivity index (χ3n) is 4.69. The summed E-state index contributed by atoms with van der Waals surface area (Å²) in [7, 11) is 1.95. The molecule has 1 saturated carbocycles. The van der Waals surface area contributed by atoms with E-state index in [-0.39, 0.29) is 5.91 Å². The predicted octanol–water partition coefficient (Wildman–Crippen LogP) is 3.01. The Balaban J connectivity index is 1.78. The summed E-state index contributed by atoms with van der Waals surface area (Å²) in [6.07, 6.45) is 4.72. The number of hydrogen-bond donors (Lipinski definition) is 0. The molecule has 2 aliphatic rings. The van der Waals surface area contributed by atoms with Crippen LogP contribution in [0.4, 0.5) is 5.69 Å². The van der Waals surface area contributed by atoms with E-state index in [9.17, 15) is 4.79 Å². The summed E-state index contributed by atoms with van der Waals surface area (Å²) >= 11 is 0. The van der Waals surface area contributed by atoms with Gasteiger partial charge < -0.3 is 9.80 Å². The summed E-state index contributed by atoms with van der Waals surface area (Å²) in [5, 5.41) is 0. The van der Waals surface area contributed by atoms with E-state index in [1.807, 2.05) is 11.9 Å². The summed E-state index contributed by atoms with van der Waals surface area (Å²) in [6, 6.07) is 9.08. The number of benzene rings is 1. The second-order valence-corrected chi connectivity index (χ2v) is 6.26. The highest BCUT2D eigenvalue weighted by atomic mass is 16.2. The molecule has 0 saturated heterocycles. The first-order chi connectivity index (χ1) is 9.66. The fourth-order valence-electron chi connectivity index (χ4n) is 3.16. The first-order valence-corrected chi connectivity index (χ1v) is 7.76. The molecule has 1 unspecified atom stereocenters. The Morgan fingerprint density at radius 1 is 1.30 bits per heavy atom. The van der Waals surface area contributed by atoms with Crippen LogP contribution in [0.15, 0.2) is 24.3 Å². The Labute approximate surface area is 121 Å². The van der Waals surface area contributed by atoms with Gasteiger partial charge in [0.15, 0.2) is 0 Å². The molecule has 0 N–H and O–H groups in total. The van der Waals surface area contributed by atoms with Crippen LogP contribution < -0.4 is 4.90 Å². The Morgan fingerprint density at radius 3 is 2.80 bits per heavy atom. The fraction of sp³-hybridized carbons (Fsp3) is 0.588. The van der Waals surface area contributed by atoms with Crippen LogP contribution in [0.5, 0.6) is 0 Å². The van der Waals surface area contributed by atoms with E-state index in [0.29, 0.717) is 18.5 Å². The smallest absolute Gasteiger partial charge is 0.242 e. The third-order valence-corrected chi connectivity index (χ3v) is 4.69. The van der Waals surface area contributed by atoms with Crippen molar-refractivity contribution in [3.8, 4) is 0 Å². The highest BCUT2D eigenvalue weighted by Gasteiger charge is 2.31. The highest BCUT2D eigenvalue weighted by Crippen LogP contribution is 2.34.